The average Bonchev–Trinajstić information content (AvgIpc) is 3.00. The molecule has 1 heterocycles. The van der Waals surface area contributed by atoms with Crippen LogP contribution in [-0.2, 0) is 11.2 Å². The van der Waals surface area contributed by atoms with Crippen molar-refractivity contribution in [3.05, 3.63) is 78.1 Å². The highest BCUT2D eigenvalue weighted by Gasteiger charge is 2.13. The Morgan fingerprint density at radius 3 is 2.43 bits per heavy atom. The lowest BCUT2D eigenvalue weighted by molar-refractivity contribution is -0.115. The zero-order valence-electron chi connectivity index (χ0n) is 12.0. The van der Waals surface area contributed by atoms with Gasteiger partial charge >= 0.3 is 0 Å². The monoisotopic (exact) mass is 313 g/mol. The third-order valence-corrected chi connectivity index (χ3v) is 3.25. The molecule has 116 valence electrons. The van der Waals surface area contributed by atoms with Gasteiger partial charge in [0.25, 0.3) is 0 Å². The second-order valence-electron chi connectivity index (χ2n) is 4.95. The largest absolute Gasteiger partial charge is 0.321 e. The van der Waals surface area contributed by atoms with Gasteiger partial charge in [-0.1, -0.05) is 24.3 Å². The first-order valence-electron chi connectivity index (χ1n) is 6.96. The van der Waals surface area contributed by atoms with Crippen LogP contribution in [0.5, 0.6) is 0 Å². The van der Waals surface area contributed by atoms with E-state index in [0.29, 0.717) is 5.56 Å². The maximum Gasteiger partial charge on any atom is 0.229 e. The lowest BCUT2D eigenvalue weighted by atomic mass is 10.2. The molecule has 0 aliphatic heterocycles. The summed E-state index contributed by atoms with van der Waals surface area (Å²) in [4.78, 5) is 12.0. The van der Waals surface area contributed by atoms with Gasteiger partial charge in [0.2, 0.25) is 5.91 Å². The molecule has 0 fully saturated rings. The maximum absolute atomic E-state index is 13.5. The van der Waals surface area contributed by atoms with E-state index in [2.05, 4.69) is 10.4 Å². The van der Waals surface area contributed by atoms with Gasteiger partial charge in [0, 0.05) is 6.20 Å². The molecule has 0 saturated carbocycles. The third-order valence-electron chi connectivity index (χ3n) is 3.25. The quantitative estimate of drug-likeness (QED) is 0.803. The molecule has 0 atom stereocenters. The van der Waals surface area contributed by atoms with Crippen molar-refractivity contribution < 1.29 is 13.6 Å². The number of carbonyl (C=O) groups is 1. The molecule has 1 N–H and O–H groups in total. The SMILES string of the molecule is O=C(Cc1cnn(-c2ccccc2)c1)Nc1c(F)cccc1F. The van der Waals surface area contributed by atoms with E-state index in [4.69, 9.17) is 0 Å². The number of rotatable bonds is 4. The molecule has 4 nitrogen and oxygen atoms in total. The Morgan fingerprint density at radius 1 is 1.04 bits per heavy atom. The van der Waals surface area contributed by atoms with Gasteiger partial charge in [-0.15, -0.1) is 0 Å². The van der Waals surface area contributed by atoms with Crippen molar-refractivity contribution in [2.45, 2.75) is 6.42 Å². The average molecular weight is 313 g/mol. The molecular weight excluding hydrogens is 300 g/mol. The first kappa shape index (κ1) is 14.9. The lowest BCUT2D eigenvalue weighted by Crippen LogP contribution is -2.16. The van der Waals surface area contributed by atoms with E-state index in [1.165, 1.54) is 6.07 Å². The van der Waals surface area contributed by atoms with Crippen LogP contribution in [0.25, 0.3) is 5.69 Å². The number of nitrogens with one attached hydrogen (secondary N) is 1. The highest BCUT2D eigenvalue weighted by molar-refractivity contribution is 5.92. The van der Waals surface area contributed by atoms with Gasteiger partial charge in [-0.25, -0.2) is 13.5 Å². The van der Waals surface area contributed by atoms with E-state index in [9.17, 15) is 13.6 Å². The number of aromatic nitrogens is 2. The fourth-order valence-corrected chi connectivity index (χ4v) is 2.16. The Labute approximate surface area is 131 Å². The van der Waals surface area contributed by atoms with E-state index in [0.717, 1.165) is 17.8 Å². The van der Waals surface area contributed by atoms with Crippen LogP contribution in [-0.4, -0.2) is 15.7 Å². The number of nitrogens with zero attached hydrogens (tertiary/aromatic N) is 2. The number of benzene rings is 2. The van der Waals surface area contributed by atoms with Crippen molar-refractivity contribution in [2.75, 3.05) is 5.32 Å². The van der Waals surface area contributed by atoms with Gasteiger partial charge in [-0.2, -0.15) is 5.10 Å². The van der Waals surface area contributed by atoms with Crippen LogP contribution in [0, 0.1) is 11.6 Å². The molecule has 6 heteroatoms. The van der Waals surface area contributed by atoms with E-state index in [1.54, 1.807) is 17.1 Å². The summed E-state index contributed by atoms with van der Waals surface area (Å²) < 4.78 is 28.6. The molecule has 0 radical (unpaired) electrons. The summed E-state index contributed by atoms with van der Waals surface area (Å²) in [5.41, 5.74) is 1.07. The van der Waals surface area contributed by atoms with Crippen LogP contribution in [0.3, 0.4) is 0 Å². The molecule has 1 amide bonds. The zero-order chi connectivity index (χ0) is 16.2. The summed E-state index contributed by atoms with van der Waals surface area (Å²) in [6.45, 7) is 0. The minimum absolute atomic E-state index is 0.0272. The topological polar surface area (TPSA) is 46.9 Å². The summed E-state index contributed by atoms with van der Waals surface area (Å²) in [7, 11) is 0. The molecule has 3 aromatic rings. The van der Waals surface area contributed by atoms with Crippen LogP contribution >= 0.6 is 0 Å². The first-order chi connectivity index (χ1) is 11.1. The van der Waals surface area contributed by atoms with Crippen molar-refractivity contribution in [1.29, 1.82) is 0 Å². The molecule has 0 unspecified atom stereocenters. The van der Waals surface area contributed by atoms with Crippen LogP contribution in [0.15, 0.2) is 60.9 Å². The second kappa shape index (κ2) is 6.39. The smallest absolute Gasteiger partial charge is 0.229 e. The van der Waals surface area contributed by atoms with Crippen LogP contribution < -0.4 is 5.32 Å². The third kappa shape index (κ3) is 3.42. The van der Waals surface area contributed by atoms with Crippen molar-refractivity contribution in [3.8, 4) is 5.69 Å². The molecule has 2 aromatic carbocycles. The Balaban J connectivity index is 1.70. The van der Waals surface area contributed by atoms with E-state index in [-0.39, 0.29) is 6.42 Å². The van der Waals surface area contributed by atoms with Crippen molar-refractivity contribution in [1.82, 2.24) is 9.78 Å². The minimum atomic E-state index is -0.807. The molecule has 1 aromatic heterocycles. The fraction of sp³-hybridized carbons (Fsp3) is 0.0588. The van der Waals surface area contributed by atoms with Crippen LogP contribution in [0.2, 0.25) is 0 Å². The summed E-state index contributed by atoms with van der Waals surface area (Å²) >= 11 is 0. The van der Waals surface area contributed by atoms with Gasteiger partial charge < -0.3 is 5.32 Å². The van der Waals surface area contributed by atoms with Crippen molar-refractivity contribution in [2.24, 2.45) is 0 Å². The predicted octanol–water partition coefficient (Wildman–Crippen LogP) is 3.33. The molecule has 0 saturated heterocycles. The molecule has 3 rings (SSSR count). The Hall–Kier alpha value is -3.02. The summed E-state index contributed by atoms with van der Waals surface area (Å²) in [5, 5.41) is 6.42. The molecular formula is C17H13F2N3O. The van der Waals surface area contributed by atoms with Crippen LogP contribution in [0.1, 0.15) is 5.56 Å². The van der Waals surface area contributed by atoms with Crippen molar-refractivity contribution in [3.63, 3.8) is 0 Å². The minimum Gasteiger partial charge on any atom is -0.321 e. The maximum atomic E-state index is 13.5. The normalized spacial score (nSPS) is 10.5. The summed E-state index contributed by atoms with van der Waals surface area (Å²) in [6.07, 6.45) is 3.22. The van der Waals surface area contributed by atoms with Gasteiger partial charge in [0.05, 0.1) is 18.3 Å². The number of carbonyl (C=O) groups excluding carboxylic acids is 1. The Morgan fingerprint density at radius 2 is 1.74 bits per heavy atom. The zero-order valence-corrected chi connectivity index (χ0v) is 12.0. The second-order valence-corrected chi connectivity index (χ2v) is 4.95. The molecule has 0 aliphatic rings. The highest BCUT2D eigenvalue weighted by atomic mass is 19.1. The van der Waals surface area contributed by atoms with E-state index < -0.39 is 23.2 Å². The number of hydrogen-bond acceptors (Lipinski definition) is 2. The van der Waals surface area contributed by atoms with Gasteiger partial charge in [0.15, 0.2) is 0 Å². The molecule has 0 spiro atoms. The fourth-order valence-electron chi connectivity index (χ4n) is 2.16. The predicted molar refractivity (Wildman–Crippen MR) is 82.3 cm³/mol. The van der Waals surface area contributed by atoms with Gasteiger partial charge in [-0.05, 0) is 29.8 Å². The molecule has 0 aliphatic carbocycles. The van der Waals surface area contributed by atoms with E-state index in [1.807, 2.05) is 30.3 Å². The summed E-state index contributed by atoms with van der Waals surface area (Å²) in [5.74, 6) is -2.13. The first-order valence-corrected chi connectivity index (χ1v) is 6.96. The number of amides is 1. The van der Waals surface area contributed by atoms with Crippen LogP contribution in [0.4, 0.5) is 14.5 Å². The Kier molecular flexibility index (Phi) is 4.14. The van der Waals surface area contributed by atoms with Gasteiger partial charge in [0.1, 0.15) is 17.3 Å². The van der Waals surface area contributed by atoms with E-state index >= 15 is 0 Å². The van der Waals surface area contributed by atoms with Gasteiger partial charge in [-0.3, -0.25) is 4.79 Å². The summed E-state index contributed by atoms with van der Waals surface area (Å²) in [6, 6.07) is 12.8. The number of anilines is 1. The molecule has 23 heavy (non-hydrogen) atoms. The number of hydrogen-bond donors (Lipinski definition) is 1. The standard InChI is InChI=1S/C17H13F2N3O/c18-14-7-4-8-15(19)17(14)21-16(23)9-12-10-20-22(11-12)13-5-2-1-3-6-13/h1-8,10-11H,9H2,(H,21,23). The highest BCUT2D eigenvalue weighted by Crippen LogP contribution is 2.18. The molecule has 0 bridgehead atoms. The number of halogens is 2. The number of para-hydroxylation sites is 2. The Bertz CT molecular complexity index is 811. The van der Waals surface area contributed by atoms with Crippen molar-refractivity contribution >= 4 is 11.6 Å². The lowest BCUT2D eigenvalue weighted by Gasteiger charge is -2.06.